The molecule has 1 aromatic heterocycles. The van der Waals surface area contributed by atoms with E-state index in [0.29, 0.717) is 5.88 Å². The highest BCUT2D eigenvalue weighted by molar-refractivity contribution is 7.84. The van der Waals surface area contributed by atoms with Gasteiger partial charge in [-0.2, -0.15) is 0 Å². The van der Waals surface area contributed by atoms with E-state index < -0.39 is 10.8 Å². The third-order valence-corrected chi connectivity index (χ3v) is 4.22. The molecule has 0 bridgehead atoms. The molecule has 0 amide bonds. The lowest BCUT2D eigenvalue weighted by molar-refractivity contribution is 0.654. The molecule has 1 atom stereocenters. The van der Waals surface area contributed by atoms with Crippen LogP contribution in [0.15, 0.2) is 53.4 Å². The Morgan fingerprint density at radius 2 is 1.84 bits per heavy atom. The molecule has 3 rings (SSSR count). The van der Waals surface area contributed by atoms with Crippen LogP contribution in [0.2, 0.25) is 0 Å². The monoisotopic (exact) mass is 271 g/mol. The lowest BCUT2D eigenvalue weighted by Gasteiger charge is -2.03. The van der Waals surface area contributed by atoms with E-state index in [0.717, 1.165) is 21.5 Å². The number of nitrogens with zero attached hydrogens (tertiary/aromatic N) is 3. The summed E-state index contributed by atoms with van der Waals surface area (Å²) in [6, 6.07) is 15.4. The molecule has 0 saturated carbocycles. The fourth-order valence-corrected chi connectivity index (χ4v) is 2.89. The van der Waals surface area contributed by atoms with Crippen molar-refractivity contribution in [3.63, 3.8) is 0 Å². The number of aromatic nitrogens is 3. The van der Waals surface area contributed by atoms with Crippen molar-refractivity contribution in [1.29, 1.82) is 0 Å². The number of rotatable bonds is 3. The SMILES string of the molecule is Cc1ccc(S(=O)Cn2nnc3ccccc32)cc1. The first-order valence-electron chi connectivity index (χ1n) is 5.97. The van der Waals surface area contributed by atoms with Gasteiger partial charge in [0.15, 0.2) is 0 Å². The van der Waals surface area contributed by atoms with Crippen molar-refractivity contribution >= 4 is 21.8 Å². The summed E-state index contributed by atoms with van der Waals surface area (Å²) in [5.74, 6) is 0.323. The molecule has 0 fully saturated rings. The van der Waals surface area contributed by atoms with Gasteiger partial charge in [0.05, 0.1) is 16.3 Å². The lowest BCUT2D eigenvalue weighted by atomic mass is 10.2. The van der Waals surface area contributed by atoms with Crippen molar-refractivity contribution in [2.45, 2.75) is 17.7 Å². The predicted octanol–water partition coefficient (Wildman–Crippen LogP) is 2.51. The topological polar surface area (TPSA) is 47.8 Å². The van der Waals surface area contributed by atoms with E-state index in [-0.39, 0.29) is 0 Å². The normalized spacial score (nSPS) is 12.7. The molecule has 0 spiro atoms. The zero-order valence-electron chi connectivity index (χ0n) is 10.5. The molecule has 19 heavy (non-hydrogen) atoms. The number of fused-ring (bicyclic) bond motifs is 1. The second kappa shape index (κ2) is 4.93. The number of para-hydroxylation sites is 1. The van der Waals surface area contributed by atoms with E-state index in [9.17, 15) is 4.21 Å². The van der Waals surface area contributed by atoms with Gasteiger partial charge in [-0.3, -0.25) is 4.21 Å². The molecule has 1 unspecified atom stereocenters. The Labute approximate surface area is 113 Å². The molecule has 1 heterocycles. The van der Waals surface area contributed by atoms with Gasteiger partial charge in [-0.05, 0) is 31.2 Å². The molecule has 0 N–H and O–H groups in total. The summed E-state index contributed by atoms with van der Waals surface area (Å²) in [7, 11) is -1.12. The van der Waals surface area contributed by atoms with E-state index in [2.05, 4.69) is 10.3 Å². The molecular weight excluding hydrogens is 258 g/mol. The number of benzene rings is 2. The van der Waals surface area contributed by atoms with E-state index >= 15 is 0 Å². The summed E-state index contributed by atoms with van der Waals surface area (Å²) in [4.78, 5) is 0.810. The fourth-order valence-electron chi connectivity index (χ4n) is 1.89. The summed E-state index contributed by atoms with van der Waals surface area (Å²) in [6.07, 6.45) is 0. The Morgan fingerprint density at radius 3 is 2.63 bits per heavy atom. The van der Waals surface area contributed by atoms with Gasteiger partial charge in [0.1, 0.15) is 11.4 Å². The van der Waals surface area contributed by atoms with E-state index in [1.807, 2.05) is 55.5 Å². The maximum Gasteiger partial charge on any atom is 0.123 e. The summed E-state index contributed by atoms with van der Waals surface area (Å²) in [5.41, 5.74) is 2.89. The van der Waals surface area contributed by atoms with Crippen LogP contribution in [0.1, 0.15) is 5.56 Å². The van der Waals surface area contributed by atoms with Gasteiger partial charge in [0.25, 0.3) is 0 Å². The van der Waals surface area contributed by atoms with Gasteiger partial charge >= 0.3 is 0 Å². The van der Waals surface area contributed by atoms with Gasteiger partial charge in [-0.15, -0.1) is 5.10 Å². The zero-order chi connectivity index (χ0) is 13.2. The molecule has 0 saturated heterocycles. The van der Waals surface area contributed by atoms with Crippen LogP contribution in [-0.4, -0.2) is 19.2 Å². The highest BCUT2D eigenvalue weighted by Gasteiger charge is 2.08. The first-order valence-corrected chi connectivity index (χ1v) is 7.29. The fraction of sp³-hybridized carbons (Fsp3) is 0.143. The zero-order valence-corrected chi connectivity index (χ0v) is 11.3. The Morgan fingerprint density at radius 1 is 1.11 bits per heavy atom. The van der Waals surface area contributed by atoms with Crippen molar-refractivity contribution in [2.75, 3.05) is 0 Å². The van der Waals surface area contributed by atoms with Gasteiger partial charge in [-0.25, -0.2) is 4.68 Å². The molecule has 2 aromatic carbocycles. The van der Waals surface area contributed by atoms with Crippen molar-refractivity contribution in [1.82, 2.24) is 15.0 Å². The number of aryl methyl sites for hydroxylation is 1. The van der Waals surface area contributed by atoms with Gasteiger partial charge in [-0.1, -0.05) is 35.0 Å². The van der Waals surface area contributed by atoms with Crippen LogP contribution >= 0.6 is 0 Å². The Balaban J connectivity index is 1.89. The van der Waals surface area contributed by atoms with Crippen LogP contribution in [0.25, 0.3) is 11.0 Å². The molecule has 0 aliphatic rings. The molecule has 0 aliphatic carbocycles. The van der Waals surface area contributed by atoms with Gasteiger partial charge in [0, 0.05) is 4.90 Å². The van der Waals surface area contributed by atoms with Crippen LogP contribution in [0.5, 0.6) is 0 Å². The average Bonchev–Trinajstić information content (AvgIpc) is 2.83. The summed E-state index contributed by atoms with van der Waals surface area (Å²) in [5, 5.41) is 8.11. The highest BCUT2D eigenvalue weighted by atomic mass is 32.2. The third kappa shape index (κ3) is 2.42. The minimum absolute atomic E-state index is 0.323. The molecule has 96 valence electrons. The third-order valence-electron chi connectivity index (χ3n) is 2.94. The second-order valence-corrected chi connectivity index (χ2v) is 5.79. The number of hydrogen-bond donors (Lipinski definition) is 0. The van der Waals surface area contributed by atoms with Crippen molar-refractivity contribution < 1.29 is 4.21 Å². The van der Waals surface area contributed by atoms with Crippen LogP contribution in [0.3, 0.4) is 0 Å². The van der Waals surface area contributed by atoms with Crippen molar-refractivity contribution in [3.8, 4) is 0 Å². The van der Waals surface area contributed by atoms with Crippen molar-refractivity contribution in [2.24, 2.45) is 0 Å². The first kappa shape index (κ1) is 12.0. The lowest BCUT2D eigenvalue weighted by Crippen LogP contribution is -2.06. The maximum absolute atomic E-state index is 12.3. The maximum atomic E-state index is 12.3. The highest BCUT2D eigenvalue weighted by Crippen LogP contribution is 2.14. The number of hydrogen-bond acceptors (Lipinski definition) is 3. The molecule has 4 nitrogen and oxygen atoms in total. The van der Waals surface area contributed by atoms with Crippen LogP contribution in [0.4, 0.5) is 0 Å². The summed E-state index contributed by atoms with van der Waals surface area (Å²) in [6.45, 7) is 2.01. The Kier molecular flexibility index (Phi) is 3.13. The molecular formula is C14H13N3OS. The Bertz CT molecular complexity index is 734. The van der Waals surface area contributed by atoms with Crippen LogP contribution in [0, 0.1) is 6.92 Å². The van der Waals surface area contributed by atoms with Crippen LogP contribution in [-0.2, 0) is 16.7 Å². The Hall–Kier alpha value is -2.01. The largest absolute Gasteiger partial charge is 0.252 e. The molecule has 3 aromatic rings. The van der Waals surface area contributed by atoms with E-state index in [4.69, 9.17) is 0 Å². The minimum atomic E-state index is -1.12. The van der Waals surface area contributed by atoms with Crippen molar-refractivity contribution in [3.05, 3.63) is 54.1 Å². The smallest absolute Gasteiger partial charge is 0.123 e. The van der Waals surface area contributed by atoms with Gasteiger partial charge in [0.2, 0.25) is 0 Å². The average molecular weight is 271 g/mol. The van der Waals surface area contributed by atoms with E-state index in [1.165, 1.54) is 0 Å². The summed E-state index contributed by atoms with van der Waals surface area (Å²) >= 11 is 0. The first-order chi connectivity index (χ1) is 9.24. The molecule has 0 radical (unpaired) electrons. The minimum Gasteiger partial charge on any atom is -0.252 e. The van der Waals surface area contributed by atoms with Crippen LogP contribution < -0.4 is 0 Å². The van der Waals surface area contributed by atoms with Gasteiger partial charge < -0.3 is 0 Å². The van der Waals surface area contributed by atoms with E-state index in [1.54, 1.807) is 4.68 Å². The summed E-state index contributed by atoms with van der Waals surface area (Å²) < 4.78 is 14.0. The standard InChI is InChI=1S/C14H13N3OS/c1-11-6-8-12(9-7-11)19(18)10-17-14-5-3-2-4-13(14)15-16-17/h2-9H,10H2,1H3. The molecule has 0 aliphatic heterocycles. The quantitative estimate of drug-likeness (QED) is 0.735. The second-order valence-electron chi connectivity index (χ2n) is 4.37. The predicted molar refractivity (Wildman–Crippen MR) is 75.1 cm³/mol. The molecule has 5 heteroatoms.